The number of rotatable bonds is 5. The van der Waals surface area contributed by atoms with Gasteiger partial charge in [0.2, 0.25) is 0 Å². The maximum atomic E-state index is 13.8. The van der Waals surface area contributed by atoms with Crippen LogP contribution in [0.15, 0.2) is 53.1 Å². The van der Waals surface area contributed by atoms with Gasteiger partial charge in [-0.2, -0.15) is 0 Å². The Morgan fingerprint density at radius 1 is 1.04 bits per heavy atom. The number of esters is 2. The molecule has 0 atom stereocenters. The monoisotopic (exact) mass is 373 g/mol. The van der Waals surface area contributed by atoms with Crippen molar-refractivity contribution in [1.29, 1.82) is 0 Å². The van der Waals surface area contributed by atoms with Crippen molar-refractivity contribution in [3.05, 3.63) is 77.0 Å². The normalized spacial score (nSPS) is 10.5. The topological polar surface area (TPSA) is 78.6 Å². The molecule has 0 bridgehead atoms. The quantitative estimate of drug-likeness (QED) is 0.634. The highest BCUT2D eigenvalue weighted by molar-refractivity contribution is 6.03. The summed E-state index contributed by atoms with van der Waals surface area (Å²) in [5.74, 6) is -2.88. The van der Waals surface area contributed by atoms with Crippen LogP contribution < -0.4 is 0 Å². The molecule has 1 aromatic heterocycles. The van der Waals surface area contributed by atoms with E-state index in [9.17, 15) is 18.4 Å². The minimum Gasteiger partial charge on any atom is -0.465 e. The summed E-state index contributed by atoms with van der Waals surface area (Å²) in [6.07, 6.45) is 0. The minimum atomic E-state index is -0.804. The molecule has 0 aliphatic carbocycles. The third-order valence-corrected chi connectivity index (χ3v) is 3.66. The van der Waals surface area contributed by atoms with E-state index in [0.717, 1.165) is 12.1 Å². The fourth-order valence-corrected chi connectivity index (χ4v) is 2.36. The molecule has 138 valence electrons. The van der Waals surface area contributed by atoms with Gasteiger partial charge in [0.1, 0.15) is 23.9 Å². The lowest BCUT2D eigenvalue weighted by Gasteiger charge is -2.07. The summed E-state index contributed by atoms with van der Waals surface area (Å²) in [5.41, 5.74) is 0.354. The first-order valence-electron chi connectivity index (χ1n) is 7.75. The van der Waals surface area contributed by atoms with E-state index in [1.807, 2.05) is 0 Å². The number of hydrogen-bond acceptors (Lipinski definition) is 6. The van der Waals surface area contributed by atoms with Crippen LogP contribution in [0.5, 0.6) is 0 Å². The third kappa shape index (κ3) is 4.00. The number of aromatic nitrogens is 1. The number of nitrogens with zero attached hydrogens (tertiary/aromatic N) is 1. The first-order chi connectivity index (χ1) is 13.0. The summed E-state index contributed by atoms with van der Waals surface area (Å²) in [7, 11) is 1.20. The lowest BCUT2D eigenvalue weighted by Crippen LogP contribution is -2.12. The third-order valence-electron chi connectivity index (χ3n) is 3.66. The van der Waals surface area contributed by atoms with Gasteiger partial charge in [0.05, 0.1) is 23.8 Å². The summed E-state index contributed by atoms with van der Waals surface area (Å²) >= 11 is 0. The van der Waals surface area contributed by atoms with Crippen molar-refractivity contribution in [2.24, 2.45) is 0 Å². The van der Waals surface area contributed by atoms with Gasteiger partial charge in [-0.15, -0.1) is 0 Å². The van der Waals surface area contributed by atoms with Crippen LogP contribution in [-0.4, -0.2) is 24.2 Å². The van der Waals surface area contributed by atoms with Crippen LogP contribution in [0.25, 0.3) is 11.3 Å². The zero-order valence-corrected chi connectivity index (χ0v) is 14.1. The molecule has 0 spiro atoms. The van der Waals surface area contributed by atoms with E-state index in [0.29, 0.717) is 0 Å². The number of methoxy groups -OCH3 is 1. The SMILES string of the molecule is COC(=O)c1ccccc1C(=O)OCc1cc(-c2ccc(F)cc2F)on1. The highest BCUT2D eigenvalue weighted by Crippen LogP contribution is 2.24. The standard InChI is InChI=1S/C19H13F2NO5/c1-25-18(23)13-4-2-3-5-14(13)19(24)26-10-12-9-17(27-22-12)15-7-6-11(20)8-16(15)21/h2-9H,10H2,1H3. The number of ether oxygens (including phenoxy) is 2. The number of carbonyl (C=O) groups is 2. The molecule has 0 aliphatic heterocycles. The molecular weight excluding hydrogens is 360 g/mol. The van der Waals surface area contributed by atoms with Crippen molar-refractivity contribution >= 4 is 11.9 Å². The van der Waals surface area contributed by atoms with Crippen molar-refractivity contribution in [2.45, 2.75) is 6.61 Å². The molecule has 0 saturated heterocycles. The van der Waals surface area contributed by atoms with Crippen molar-refractivity contribution in [1.82, 2.24) is 5.16 Å². The summed E-state index contributed by atoms with van der Waals surface area (Å²) in [6.45, 7) is -0.263. The molecular formula is C19H13F2NO5. The Bertz CT molecular complexity index is 999. The average Bonchev–Trinajstić information content (AvgIpc) is 3.14. The first kappa shape index (κ1) is 18.2. The molecule has 0 radical (unpaired) electrons. The Morgan fingerprint density at radius 3 is 2.41 bits per heavy atom. The molecule has 0 N–H and O–H groups in total. The van der Waals surface area contributed by atoms with Crippen molar-refractivity contribution in [2.75, 3.05) is 7.11 Å². The van der Waals surface area contributed by atoms with Crippen LogP contribution in [0, 0.1) is 11.6 Å². The zero-order valence-electron chi connectivity index (χ0n) is 14.1. The van der Waals surface area contributed by atoms with Gasteiger partial charge in [-0.3, -0.25) is 0 Å². The van der Waals surface area contributed by atoms with Gasteiger partial charge >= 0.3 is 11.9 Å². The van der Waals surface area contributed by atoms with Gasteiger partial charge in [0, 0.05) is 12.1 Å². The number of hydrogen-bond donors (Lipinski definition) is 0. The Hall–Kier alpha value is -3.55. The van der Waals surface area contributed by atoms with E-state index in [-0.39, 0.29) is 34.8 Å². The van der Waals surface area contributed by atoms with Crippen molar-refractivity contribution in [3.63, 3.8) is 0 Å². The van der Waals surface area contributed by atoms with Crippen LogP contribution >= 0.6 is 0 Å². The molecule has 3 aromatic rings. The molecule has 6 nitrogen and oxygen atoms in total. The van der Waals surface area contributed by atoms with E-state index in [1.54, 1.807) is 12.1 Å². The zero-order chi connectivity index (χ0) is 19.4. The van der Waals surface area contributed by atoms with Crippen LogP contribution in [0.3, 0.4) is 0 Å². The second-order valence-electron chi connectivity index (χ2n) is 5.42. The first-order valence-corrected chi connectivity index (χ1v) is 7.75. The van der Waals surface area contributed by atoms with Crippen LogP contribution in [0.4, 0.5) is 8.78 Å². The fraction of sp³-hybridized carbons (Fsp3) is 0.105. The minimum absolute atomic E-state index is 0.0255. The predicted octanol–water partition coefficient (Wildman–Crippen LogP) is 3.76. The second kappa shape index (κ2) is 7.77. The average molecular weight is 373 g/mol. The molecule has 2 aromatic carbocycles. The molecule has 0 amide bonds. The van der Waals surface area contributed by atoms with Crippen LogP contribution in [0.1, 0.15) is 26.4 Å². The highest BCUT2D eigenvalue weighted by atomic mass is 19.1. The van der Waals surface area contributed by atoms with Crippen LogP contribution in [0.2, 0.25) is 0 Å². The van der Waals surface area contributed by atoms with E-state index in [4.69, 9.17) is 9.26 Å². The van der Waals surface area contributed by atoms with Crippen molar-refractivity contribution < 1.29 is 32.4 Å². The maximum absolute atomic E-state index is 13.8. The Labute approximate surface area is 152 Å². The molecule has 1 heterocycles. The summed E-state index contributed by atoms with van der Waals surface area (Å²) in [6, 6.07) is 10.4. The molecule has 0 aliphatic rings. The van der Waals surface area contributed by atoms with Gasteiger partial charge < -0.3 is 14.0 Å². The highest BCUT2D eigenvalue weighted by Gasteiger charge is 2.19. The fourth-order valence-electron chi connectivity index (χ4n) is 2.36. The lowest BCUT2D eigenvalue weighted by atomic mass is 10.1. The van der Waals surface area contributed by atoms with Crippen molar-refractivity contribution in [3.8, 4) is 11.3 Å². The second-order valence-corrected chi connectivity index (χ2v) is 5.42. The molecule has 0 fully saturated rings. The van der Waals surface area contributed by atoms with E-state index in [1.165, 1.54) is 31.4 Å². The molecule has 8 heteroatoms. The molecule has 27 heavy (non-hydrogen) atoms. The smallest absolute Gasteiger partial charge is 0.339 e. The molecule has 3 rings (SSSR count). The largest absolute Gasteiger partial charge is 0.465 e. The van der Waals surface area contributed by atoms with Gasteiger partial charge in [-0.1, -0.05) is 17.3 Å². The van der Waals surface area contributed by atoms with Gasteiger partial charge in [-0.25, -0.2) is 18.4 Å². The van der Waals surface area contributed by atoms with Gasteiger partial charge in [0.15, 0.2) is 5.76 Å². The number of halogens is 2. The van der Waals surface area contributed by atoms with E-state index in [2.05, 4.69) is 9.89 Å². The Balaban J connectivity index is 1.72. The van der Waals surface area contributed by atoms with E-state index >= 15 is 0 Å². The number of carbonyl (C=O) groups excluding carboxylic acids is 2. The van der Waals surface area contributed by atoms with E-state index < -0.39 is 23.6 Å². The number of benzene rings is 2. The molecule has 0 unspecified atom stereocenters. The Morgan fingerprint density at radius 2 is 1.74 bits per heavy atom. The van der Waals surface area contributed by atoms with Gasteiger partial charge in [0.25, 0.3) is 0 Å². The summed E-state index contributed by atoms with van der Waals surface area (Å²) in [5, 5.41) is 3.69. The summed E-state index contributed by atoms with van der Waals surface area (Å²) in [4.78, 5) is 23.9. The van der Waals surface area contributed by atoms with Gasteiger partial charge in [-0.05, 0) is 24.3 Å². The van der Waals surface area contributed by atoms with Crippen LogP contribution in [-0.2, 0) is 16.1 Å². The predicted molar refractivity (Wildman–Crippen MR) is 88.8 cm³/mol. The maximum Gasteiger partial charge on any atom is 0.339 e. The lowest BCUT2D eigenvalue weighted by molar-refractivity contribution is 0.0450. The Kier molecular flexibility index (Phi) is 5.25. The molecule has 0 saturated carbocycles. The summed E-state index contributed by atoms with van der Waals surface area (Å²) < 4.78 is 41.5.